The van der Waals surface area contributed by atoms with Gasteiger partial charge in [0, 0.05) is 16.7 Å². The van der Waals surface area contributed by atoms with Crippen molar-refractivity contribution in [2.45, 2.75) is 0 Å². The Bertz CT molecular complexity index is 1010. The van der Waals surface area contributed by atoms with Gasteiger partial charge >= 0.3 is 5.97 Å². The summed E-state index contributed by atoms with van der Waals surface area (Å²) < 4.78 is 10.3. The van der Waals surface area contributed by atoms with Crippen LogP contribution in [-0.4, -0.2) is 18.1 Å². The first-order valence-electron chi connectivity index (χ1n) is 8.22. The van der Waals surface area contributed by atoms with Crippen molar-refractivity contribution in [2.75, 3.05) is 0 Å². The molecule has 28 heavy (non-hydrogen) atoms. The zero-order valence-electron chi connectivity index (χ0n) is 14.5. The average Bonchev–Trinajstić information content (AvgIpc) is 3.21. The highest BCUT2D eigenvalue weighted by Crippen LogP contribution is 2.13. The van der Waals surface area contributed by atoms with Crippen molar-refractivity contribution in [2.24, 2.45) is 5.10 Å². The Hall–Kier alpha value is -3.64. The molecule has 0 bridgehead atoms. The zero-order valence-corrected chi connectivity index (χ0v) is 15.3. The van der Waals surface area contributed by atoms with Crippen molar-refractivity contribution in [3.63, 3.8) is 0 Å². The molecule has 7 heteroatoms. The van der Waals surface area contributed by atoms with Crippen molar-refractivity contribution < 1.29 is 18.7 Å². The smallest absolute Gasteiger partial charge is 0.336 e. The summed E-state index contributed by atoms with van der Waals surface area (Å²) in [5.41, 5.74) is 3.51. The molecule has 0 saturated heterocycles. The molecule has 0 fully saturated rings. The first-order chi connectivity index (χ1) is 13.6. The van der Waals surface area contributed by atoms with Crippen LogP contribution in [0.1, 0.15) is 21.7 Å². The van der Waals surface area contributed by atoms with E-state index in [4.69, 9.17) is 20.8 Å². The summed E-state index contributed by atoms with van der Waals surface area (Å²) in [4.78, 5) is 23.8. The number of furan rings is 1. The lowest BCUT2D eigenvalue weighted by Gasteiger charge is -2.02. The van der Waals surface area contributed by atoms with Gasteiger partial charge in [0.05, 0.1) is 12.5 Å². The number of hydrogen-bond donors (Lipinski definition) is 1. The van der Waals surface area contributed by atoms with Crippen molar-refractivity contribution in [3.05, 3.63) is 94.9 Å². The molecule has 0 radical (unpaired) electrons. The third-order valence-electron chi connectivity index (χ3n) is 3.49. The summed E-state index contributed by atoms with van der Waals surface area (Å²) in [6.45, 7) is 0. The minimum atomic E-state index is -0.540. The molecule has 1 N–H and O–H groups in total. The summed E-state index contributed by atoms with van der Waals surface area (Å²) in [6.07, 6.45) is 5.75. The standard InChI is InChI=1S/C21H15ClN2O4/c22-17-8-6-16(7-9-17)21(26)24-23-14-15-3-1-4-19(13-15)28-20(25)11-10-18-5-2-12-27-18/h1-14H,(H,24,26). The van der Waals surface area contributed by atoms with Gasteiger partial charge in [0.25, 0.3) is 5.91 Å². The summed E-state index contributed by atoms with van der Waals surface area (Å²) in [6, 6.07) is 16.6. The van der Waals surface area contributed by atoms with E-state index in [1.54, 1.807) is 60.7 Å². The van der Waals surface area contributed by atoms with Crippen molar-refractivity contribution in [3.8, 4) is 5.75 Å². The first kappa shape index (κ1) is 19.1. The summed E-state index contributed by atoms with van der Waals surface area (Å²) in [7, 11) is 0. The Morgan fingerprint density at radius 2 is 1.89 bits per heavy atom. The predicted octanol–water partition coefficient (Wildman–Crippen LogP) is 4.32. The molecule has 1 aromatic heterocycles. The second-order valence-electron chi connectivity index (χ2n) is 5.55. The van der Waals surface area contributed by atoms with Gasteiger partial charge < -0.3 is 9.15 Å². The van der Waals surface area contributed by atoms with Gasteiger partial charge in [-0.1, -0.05) is 23.7 Å². The van der Waals surface area contributed by atoms with Crippen LogP contribution in [0.25, 0.3) is 6.08 Å². The van der Waals surface area contributed by atoms with Crippen LogP contribution in [0.5, 0.6) is 5.75 Å². The van der Waals surface area contributed by atoms with Gasteiger partial charge in [-0.05, 0) is 60.2 Å². The summed E-state index contributed by atoms with van der Waals surface area (Å²) in [5.74, 6) is -0.00331. The Kier molecular flexibility index (Phi) is 6.38. The van der Waals surface area contributed by atoms with E-state index in [-0.39, 0.29) is 5.91 Å². The SMILES string of the molecule is O=C(C=Cc1ccco1)Oc1cccc(C=NNC(=O)c2ccc(Cl)cc2)c1. The molecule has 3 rings (SSSR count). The Balaban J connectivity index is 1.56. The molecule has 140 valence electrons. The fourth-order valence-electron chi connectivity index (χ4n) is 2.18. The van der Waals surface area contributed by atoms with Gasteiger partial charge in [0.15, 0.2) is 0 Å². The lowest BCUT2D eigenvalue weighted by molar-refractivity contribution is -0.128. The van der Waals surface area contributed by atoms with E-state index in [0.29, 0.717) is 27.7 Å². The Morgan fingerprint density at radius 3 is 2.64 bits per heavy atom. The molecule has 0 saturated carbocycles. The molecule has 0 atom stereocenters. The number of esters is 1. The number of benzene rings is 2. The molecule has 1 amide bonds. The summed E-state index contributed by atoms with van der Waals surface area (Å²) in [5, 5.41) is 4.45. The number of carbonyl (C=O) groups is 2. The number of nitrogens with one attached hydrogen (secondary N) is 1. The van der Waals surface area contributed by atoms with E-state index in [1.807, 2.05) is 0 Å². The molecular formula is C21H15ClN2O4. The number of hydrogen-bond acceptors (Lipinski definition) is 5. The number of hydrazone groups is 1. The second-order valence-corrected chi connectivity index (χ2v) is 5.98. The van der Waals surface area contributed by atoms with Crippen molar-refractivity contribution >= 4 is 35.8 Å². The number of amides is 1. The molecule has 0 unspecified atom stereocenters. The summed E-state index contributed by atoms with van der Waals surface area (Å²) >= 11 is 5.79. The molecule has 3 aromatic rings. The van der Waals surface area contributed by atoms with Gasteiger partial charge in [-0.3, -0.25) is 4.79 Å². The average molecular weight is 395 g/mol. The maximum Gasteiger partial charge on any atom is 0.336 e. The van der Waals surface area contributed by atoms with Crippen LogP contribution in [0.15, 0.2) is 82.5 Å². The van der Waals surface area contributed by atoms with E-state index in [1.165, 1.54) is 24.6 Å². The third-order valence-corrected chi connectivity index (χ3v) is 3.74. The van der Waals surface area contributed by atoms with Gasteiger partial charge in [0.2, 0.25) is 0 Å². The molecule has 2 aromatic carbocycles. The predicted molar refractivity (Wildman–Crippen MR) is 106 cm³/mol. The second kappa shape index (κ2) is 9.34. The third kappa shape index (κ3) is 5.69. The lowest BCUT2D eigenvalue weighted by Crippen LogP contribution is -2.17. The van der Waals surface area contributed by atoms with Gasteiger partial charge in [-0.2, -0.15) is 5.10 Å². The van der Waals surface area contributed by atoms with Gasteiger partial charge in [-0.25, -0.2) is 10.2 Å². The van der Waals surface area contributed by atoms with E-state index in [2.05, 4.69) is 10.5 Å². The lowest BCUT2D eigenvalue weighted by atomic mass is 10.2. The van der Waals surface area contributed by atoms with Crippen LogP contribution in [0.4, 0.5) is 0 Å². The maximum absolute atomic E-state index is 12.0. The number of ether oxygens (including phenoxy) is 1. The quantitative estimate of drug-likeness (QED) is 0.222. The minimum Gasteiger partial charge on any atom is -0.465 e. The van der Waals surface area contributed by atoms with Crippen LogP contribution in [0.3, 0.4) is 0 Å². The van der Waals surface area contributed by atoms with E-state index < -0.39 is 5.97 Å². The molecule has 0 aliphatic heterocycles. The van der Waals surface area contributed by atoms with E-state index in [9.17, 15) is 9.59 Å². The van der Waals surface area contributed by atoms with Crippen LogP contribution in [-0.2, 0) is 4.79 Å². The highest BCUT2D eigenvalue weighted by atomic mass is 35.5. The van der Waals surface area contributed by atoms with Crippen LogP contribution >= 0.6 is 11.6 Å². The zero-order chi connectivity index (χ0) is 19.8. The van der Waals surface area contributed by atoms with Crippen LogP contribution in [0.2, 0.25) is 5.02 Å². The highest BCUT2D eigenvalue weighted by molar-refractivity contribution is 6.30. The first-order valence-corrected chi connectivity index (χ1v) is 8.60. The number of carbonyl (C=O) groups excluding carboxylic acids is 2. The van der Waals surface area contributed by atoms with Gasteiger partial charge in [-0.15, -0.1) is 0 Å². The monoisotopic (exact) mass is 394 g/mol. The molecule has 1 heterocycles. The molecular weight excluding hydrogens is 380 g/mol. The Labute approximate surface area is 166 Å². The number of halogens is 1. The fourth-order valence-corrected chi connectivity index (χ4v) is 2.30. The largest absolute Gasteiger partial charge is 0.465 e. The molecule has 0 spiro atoms. The minimum absolute atomic E-state index is 0.349. The topological polar surface area (TPSA) is 80.9 Å². The Morgan fingerprint density at radius 1 is 1.07 bits per heavy atom. The van der Waals surface area contributed by atoms with Crippen LogP contribution in [0, 0.1) is 0 Å². The fraction of sp³-hybridized carbons (Fsp3) is 0. The van der Waals surface area contributed by atoms with Crippen LogP contribution < -0.4 is 10.2 Å². The van der Waals surface area contributed by atoms with E-state index in [0.717, 1.165) is 0 Å². The van der Waals surface area contributed by atoms with E-state index >= 15 is 0 Å². The van der Waals surface area contributed by atoms with Crippen molar-refractivity contribution in [1.29, 1.82) is 0 Å². The number of rotatable bonds is 6. The molecule has 6 nitrogen and oxygen atoms in total. The van der Waals surface area contributed by atoms with Gasteiger partial charge in [0.1, 0.15) is 11.5 Å². The normalized spacial score (nSPS) is 11.0. The number of nitrogens with zero attached hydrogens (tertiary/aromatic N) is 1. The highest BCUT2D eigenvalue weighted by Gasteiger charge is 2.04. The van der Waals surface area contributed by atoms with Crippen molar-refractivity contribution in [1.82, 2.24) is 5.43 Å². The molecule has 0 aliphatic carbocycles. The molecule has 0 aliphatic rings. The maximum atomic E-state index is 12.0.